The Morgan fingerprint density at radius 2 is 1.63 bits per heavy atom. The Morgan fingerprint density at radius 1 is 0.886 bits per heavy atom. The van der Waals surface area contributed by atoms with Crippen LogP contribution in [0.25, 0.3) is 27.7 Å². The average Bonchev–Trinajstić information content (AvgIpc) is 3.21. The molecule has 0 bridgehead atoms. The highest BCUT2D eigenvalue weighted by Crippen LogP contribution is 2.35. The third kappa shape index (κ3) is 4.80. The van der Waals surface area contributed by atoms with Crippen molar-refractivity contribution in [2.24, 2.45) is 5.92 Å². The summed E-state index contributed by atoms with van der Waals surface area (Å²) >= 11 is 1.78. The fourth-order valence-corrected chi connectivity index (χ4v) is 5.20. The van der Waals surface area contributed by atoms with E-state index < -0.39 is 0 Å². The van der Waals surface area contributed by atoms with E-state index in [1.54, 1.807) is 11.8 Å². The summed E-state index contributed by atoms with van der Waals surface area (Å²) in [6, 6.07) is 24.8. The van der Waals surface area contributed by atoms with E-state index in [0.717, 1.165) is 44.5 Å². The van der Waals surface area contributed by atoms with Gasteiger partial charge in [-0.25, -0.2) is 14.6 Å². The average molecular weight is 480 g/mol. The summed E-state index contributed by atoms with van der Waals surface area (Å²) in [7, 11) is 0. The number of aryl methyl sites for hydroxylation is 1. The van der Waals surface area contributed by atoms with Crippen LogP contribution >= 0.6 is 11.8 Å². The van der Waals surface area contributed by atoms with Crippen LogP contribution in [0.1, 0.15) is 25.1 Å². The minimum absolute atomic E-state index is 0.562. The Morgan fingerprint density at radius 3 is 2.40 bits per heavy atom. The van der Waals surface area contributed by atoms with Crippen molar-refractivity contribution in [2.75, 3.05) is 11.1 Å². The van der Waals surface area contributed by atoms with Crippen LogP contribution in [0.2, 0.25) is 0 Å². The topological polar surface area (TPSA) is 55.6 Å². The minimum Gasteiger partial charge on any atom is -0.324 e. The molecule has 0 spiro atoms. The fraction of sp³-hybridized carbons (Fsp3) is 0.207. The first-order valence-corrected chi connectivity index (χ1v) is 12.9. The molecule has 176 valence electrons. The zero-order valence-corrected chi connectivity index (χ0v) is 21.3. The highest BCUT2D eigenvalue weighted by atomic mass is 32.2. The molecular formula is C29H29N5S. The lowest BCUT2D eigenvalue weighted by molar-refractivity contribution is 0.747. The molecule has 35 heavy (non-hydrogen) atoms. The Hall–Kier alpha value is -3.64. The molecule has 5 nitrogen and oxygen atoms in total. The summed E-state index contributed by atoms with van der Waals surface area (Å²) < 4.78 is 2.01. The second kappa shape index (κ2) is 9.92. The van der Waals surface area contributed by atoms with Crippen molar-refractivity contribution < 1.29 is 0 Å². The van der Waals surface area contributed by atoms with Gasteiger partial charge in [-0.05, 0) is 55.0 Å². The van der Waals surface area contributed by atoms with Crippen molar-refractivity contribution in [1.82, 2.24) is 19.7 Å². The van der Waals surface area contributed by atoms with Gasteiger partial charge in [0.15, 0.2) is 0 Å². The van der Waals surface area contributed by atoms with E-state index in [1.807, 2.05) is 35.1 Å². The summed E-state index contributed by atoms with van der Waals surface area (Å²) in [6.07, 6.45) is 1.82. The maximum absolute atomic E-state index is 4.99. The van der Waals surface area contributed by atoms with Gasteiger partial charge in [-0.3, -0.25) is 0 Å². The van der Waals surface area contributed by atoms with E-state index in [9.17, 15) is 0 Å². The van der Waals surface area contributed by atoms with E-state index in [0.29, 0.717) is 11.9 Å². The van der Waals surface area contributed by atoms with Crippen molar-refractivity contribution in [3.8, 4) is 16.9 Å². The second-order valence-electron chi connectivity index (χ2n) is 9.08. The number of hydrogen-bond acceptors (Lipinski definition) is 5. The van der Waals surface area contributed by atoms with Crippen LogP contribution in [0.5, 0.6) is 0 Å². The highest BCUT2D eigenvalue weighted by molar-refractivity contribution is 7.99. The zero-order chi connectivity index (χ0) is 24.4. The maximum Gasteiger partial charge on any atom is 0.227 e. The van der Waals surface area contributed by atoms with Gasteiger partial charge in [0.1, 0.15) is 5.03 Å². The molecule has 0 amide bonds. The Kier molecular flexibility index (Phi) is 6.55. The lowest BCUT2D eigenvalue weighted by atomic mass is 10.0. The van der Waals surface area contributed by atoms with Crippen molar-refractivity contribution >= 4 is 34.2 Å². The number of nitrogens with one attached hydrogen (secondary N) is 1. The van der Waals surface area contributed by atoms with Crippen molar-refractivity contribution in [1.29, 1.82) is 0 Å². The predicted octanol–water partition coefficient (Wildman–Crippen LogP) is 7.59. The highest BCUT2D eigenvalue weighted by Gasteiger charge is 2.20. The fourth-order valence-electron chi connectivity index (χ4n) is 4.18. The molecule has 0 saturated carbocycles. The molecule has 0 unspecified atom stereocenters. The summed E-state index contributed by atoms with van der Waals surface area (Å²) in [5.74, 6) is 2.12. The van der Waals surface area contributed by atoms with Gasteiger partial charge in [-0.1, -0.05) is 62.4 Å². The number of thioether (sulfide) groups is 1. The van der Waals surface area contributed by atoms with Crippen LogP contribution in [0, 0.1) is 19.8 Å². The van der Waals surface area contributed by atoms with E-state index >= 15 is 0 Å². The predicted molar refractivity (Wildman–Crippen MR) is 147 cm³/mol. The molecule has 5 rings (SSSR count). The van der Waals surface area contributed by atoms with Gasteiger partial charge in [0, 0.05) is 23.0 Å². The first kappa shape index (κ1) is 23.1. The quantitative estimate of drug-likeness (QED) is 0.244. The van der Waals surface area contributed by atoms with Crippen molar-refractivity contribution in [3.05, 3.63) is 90.3 Å². The summed E-state index contributed by atoms with van der Waals surface area (Å²) in [4.78, 5) is 9.47. The van der Waals surface area contributed by atoms with Gasteiger partial charge >= 0.3 is 0 Å². The number of fused-ring (bicyclic) bond motifs is 1. The molecular weight excluding hydrogens is 450 g/mol. The van der Waals surface area contributed by atoms with E-state index in [2.05, 4.69) is 86.5 Å². The molecule has 1 N–H and O–H groups in total. The normalized spacial score (nSPS) is 11.3. The Balaban J connectivity index is 1.56. The maximum atomic E-state index is 4.99. The van der Waals surface area contributed by atoms with Crippen molar-refractivity contribution in [3.63, 3.8) is 0 Å². The molecule has 0 atom stereocenters. The zero-order valence-electron chi connectivity index (χ0n) is 20.5. The molecule has 0 fully saturated rings. The minimum atomic E-state index is 0.562. The van der Waals surface area contributed by atoms with Gasteiger partial charge < -0.3 is 5.32 Å². The smallest absolute Gasteiger partial charge is 0.227 e. The lowest BCUT2D eigenvalue weighted by Gasteiger charge is -2.11. The SMILES string of the molecule is Cc1ccc(Nc2nccc(-c3c(SCC(C)C)nn(-c4ccccc4)c3C)n2)c2ccccc12. The standard InChI is InChI=1S/C29H29N5S/c1-19(2)18-35-28-27(21(4)34(33-28)22-10-6-5-7-11-22)26-16-17-30-29(32-26)31-25-15-14-20(3)23-12-8-9-13-24(23)25/h5-17,19H,18H2,1-4H3,(H,30,31,32). The number of hydrogen-bond donors (Lipinski definition) is 1. The Labute approximate surface area is 210 Å². The van der Waals surface area contributed by atoms with Crippen molar-refractivity contribution in [2.45, 2.75) is 32.7 Å². The number of anilines is 2. The van der Waals surface area contributed by atoms with E-state index in [1.165, 1.54) is 10.9 Å². The van der Waals surface area contributed by atoms with Crippen LogP contribution in [0.3, 0.4) is 0 Å². The van der Waals surface area contributed by atoms with E-state index in [-0.39, 0.29) is 0 Å². The number of para-hydroxylation sites is 1. The summed E-state index contributed by atoms with van der Waals surface area (Å²) in [6.45, 7) is 8.70. The molecule has 0 aliphatic heterocycles. The van der Waals surface area contributed by atoms with Gasteiger partial charge in [-0.15, -0.1) is 11.8 Å². The number of aromatic nitrogens is 4. The first-order chi connectivity index (χ1) is 17.0. The third-order valence-corrected chi connectivity index (χ3v) is 7.33. The molecule has 6 heteroatoms. The van der Waals surface area contributed by atoms with E-state index in [4.69, 9.17) is 10.1 Å². The van der Waals surface area contributed by atoms with Crippen LogP contribution in [0.15, 0.2) is 84.0 Å². The van der Waals surface area contributed by atoms with Crippen LogP contribution in [0.4, 0.5) is 11.6 Å². The van der Waals surface area contributed by atoms with Gasteiger partial charge in [-0.2, -0.15) is 5.10 Å². The Bertz CT molecular complexity index is 1470. The number of rotatable bonds is 7. The summed E-state index contributed by atoms with van der Waals surface area (Å²) in [5, 5.41) is 11.8. The molecule has 0 saturated heterocycles. The van der Waals surface area contributed by atoms with Gasteiger partial charge in [0.25, 0.3) is 0 Å². The molecule has 2 aromatic heterocycles. The first-order valence-electron chi connectivity index (χ1n) is 11.9. The number of nitrogens with zero attached hydrogens (tertiary/aromatic N) is 4. The third-order valence-electron chi connectivity index (χ3n) is 5.94. The molecule has 3 aromatic carbocycles. The monoisotopic (exact) mass is 479 g/mol. The van der Waals surface area contributed by atoms with Crippen LogP contribution in [-0.4, -0.2) is 25.5 Å². The largest absolute Gasteiger partial charge is 0.324 e. The molecule has 5 aromatic rings. The van der Waals surface area contributed by atoms with Crippen LogP contribution < -0.4 is 5.32 Å². The van der Waals surface area contributed by atoms with Gasteiger partial charge in [0.2, 0.25) is 5.95 Å². The molecule has 0 aliphatic carbocycles. The lowest BCUT2D eigenvalue weighted by Crippen LogP contribution is -2.00. The number of benzene rings is 3. The second-order valence-corrected chi connectivity index (χ2v) is 10.1. The van der Waals surface area contributed by atoms with Crippen LogP contribution in [-0.2, 0) is 0 Å². The van der Waals surface area contributed by atoms with Gasteiger partial charge in [0.05, 0.1) is 22.6 Å². The molecule has 0 radical (unpaired) electrons. The molecule has 0 aliphatic rings. The molecule has 2 heterocycles. The summed E-state index contributed by atoms with van der Waals surface area (Å²) in [5.41, 5.74) is 6.27.